The van der Waals surface area contributed by atoms with E-state index in [9.17, 15) is 4.79 Å². The van der Waals surface area contributed by atoms with Crippen molar-refractivity contribution in [3.05, 3.63) is 11.9 Å². The molecule has 1 aromatic rings. The summed E-state index contributed by atoms with van der Waals surface area (Å²) < 4.78 is 2.02. The highest BCUT2D eigenvalue weighted by Gasteiger charge is 2.30. The Balaban J connectivity index is 1.88. The summed E-state index contributed by atoms with van der Waals surface area (Å²) in [6.07, 6.45) is 5.11. The summed E-state index contributed by atoms with van der Waals surface area (Å²) in [6.45, 7) is 2.99. The van der Waals surface area contributed by atoms with Crippen LogP contribution in [0.5, 0.6) is 0 Å². The smallest absolute Gasteiger partial charge is 0.356 e. The molecule has 6 heteroatoms. The van der Waals surface area contributed by atoms with E-state index in [-0.39, 0.29) is 5.69 Å². The number of carbonyl (C=O) groups is 1. The molecule has 2 aliphatic heterocycles. The summed E-state index contributed by atoms with van der Waals surface area (Å²) in [5.74, 6) is 0.323. The van der Waals surface area contributed by atoms with Crippen LogP contribution >= 0.6 is 0 Å². The van der Waals surface area contributed by atoms with Gasteiger partial charge in [-0.25, -0.2) is 9.78 Å². The van der Waals surface area contributed by atoms with Gasteiger partial charge < -0.3 is 20.3 Å². The lowest BCUT2D eigenvalue weighted by molar-refractivity contribution is 0.0691. The van der Waals surface area contributed by atoms with Crippen molar-refractivity contribution in [2.75, 3.05) is 25.0 Å². The minimum Gasteiger partial charge on any atom is -0.476 e. The third-order valence-corrected chi connectivity index (χ3v) is 3.91. The molecule has 1 saturated heterocycles. The molecular formula is C12H18N4O2. The number of hydrogen-bond donors (Lipinski definition) is 3. The van der Waals surface area contributed by atoms with E-state index in [0.29, 0.717) is 17.9 Å². The maximum atomic E-state index is 11.0. The fourth-order valence-electron chi connectivity index (χ4n) is 3.02. The Kier molecular flexibility index (Phi) is 2.95. The van der Waals surface area contributed by atoms with Crippen molar-refractivity contribution in [3.63, 3.8) is 0 Å². The van der Waals surface area contributed by atoms with E-state index in [1.807, 2.05) is 4.57 Å². The molecule has 0 aromatic carbocycles. The van der Waals surface area contributed by atoms with Gasteiger partial charge in [-0.2, -0.15) is 0 Å². The molecule has 0 aliphatic carbocycles. The normalized spacial score (nSPS) is 27.3. The van der Waals surface area contributed by atoms with Gasteiger partial charge >= 0.3 is 5.97 Å². The molecule has 3 N–H and O–H groups in total. The number of aromatic nitrogens is 2. The summed E-state index contributed by atoms with van der Waals surface area (Å²) in [7, 11) is 0. The molecule has 0 spiro atoms. The highest BCUT2D eigenvalue weighted by Crippen LogP contribution is 2.33. The van der Waals surface area contributed by atoms with Gasteiger partial charge in [-0.15, -0.1) is 0 Å². The average molecular weight is 250 g/mol. The number of aromatic carboxylic acids is 1. The molecule has 2 aliphatic rings. The van der Waals surface area contributed by atoms with Crippen LogP contribution in [0.1, 0.15) is 35.8 Å². The van der Waals surface area contributed by atoms with E-state index < -0.39 is 5.97 Å². The maximum Gasteiger partial charge on any atom is 0.356 e. The standard InChI is InChI=1S/C12H18N4O2/c17-11(18)9-7-16-10(3-5-14-12(16)15-9)8-2-1-4-13-6-8/h7-8,10,13H,1-6H2,(H,14,15)(H,17,18). The summed E-state index contributed by atoms with van der Waals surface area (Å²) in [5.41, 5.74) is 0.133. The number of imidazole rings is 1. The van der Waals surface area contributed by atoms with Crippen molar-refractivity contribution >= 4 is 11.9 Å². The minimum atomic E-state index is -0.959. The Morgan fingerprint density at radius 2 is 2.33 bits per heavy atom. The summed E-state index contributed by atoms with van der Waals surface area (Å²) in [6, 6.07) is 0.370. The maximum absolute atomic E-state index is 11.0. The van der Waals surface area contributed by atoms with Crippen LogP contribution < -0.4 is 10.6 Å². The molecule has 3 rings (SSSR count). The predicted octanol–water partition coefficient (Wildman–Crippen LogP) is 0.938. The fraction of sp³-hybridized carbons (Fsp3) is 0.667. The SMILES string of the molecule is O=C(O)c1cn2c(n1)NCCC2C1CCCNC1. The van der Waals surface area contributed by atoms with Gasteiger partial charge in [-0.3, -0.25) is 0 Å². The molecule has 2 unspecified atom stereocenters. The summed E-state index contributed by atoms with van der Waals surface area (Å²) >= 11 is 0. The number of piperidine rings is 1. The predicted molar refractivity (Wildman–Crippen MR) is 66.9 cm³/mol. The average Bonchev–Trinajstić information content (AvgIpc) is 2.83. The van der Waals surface area contributed by atoms with Crippen LogP contribution in [0.15, 0.2) is 6.20 Å². The van der Waals surface area contributed by atoms with Gasteiger partial charge in [0.25, 0.3) is 0 Å². The molecule has 1 fully saturated rings. The van der Waals surface area contributed by atoms with Crippen LogP contribution in [0.25, 0.3) is 0 Å². The van der Waals surface area contributed by atoms with Gasteiger partial charge in [-0.1, -0.05) is 0 Å². The highest BCUT2D eigenvalue weighted by molar-refractivity contribution is 5.85. The number of hydrogen-bond acceptors (Lipinski definition) is 4. The topological polar surface area (TPSA) is 79.2 Å². The third kappa shape index (κ3) is 1.96. The lowest BCUT2D eigenvalue weighted by atomic mass is 9.89. The molecule has 0 bridgehead atoms. The van der Waals surface area contributed by atoms with Gasteiger partial charge in [0.05, 0.1) is 0 Å². The van der Waals surface area contributed by atoms with Crippen molar-refractivity contribution in [3.8, 4) is 0 Å². The Morgan fingerprint density at radius 1 is 1.44 bits per heavy atom. The van der Waals surface area contributed by atoms with Crippen molar-refractivity contribution in [2.45, 2.75) is 25.3 Å². The van der Waals surface area contributed by atoms with Gasteiger partial charge in [0.2, 0.25) is 5.95 Å². The van der Waals surface area contributed by atoms with Gasteiger partial charge in [0, 0.05) is 18.8 Å². The molecule has 18 heavy (non-hydrogen) atoms. The van der Waals surface area contributed by atoms with Crippen LogP contribution in [-0.2, 0) is 0 Å². The Labute approximate surface area is 105 Å². The lowest BCUT2D eigenvalue weighted by Crippen LogP contribution is -2.37. The monoisotopic (exact) mass is 250 g/mol. The van der Waals surface area contributed by atoms with Crippen LogP contribution in [-0.4, -0.2) is 40.3 Å². The first-order valence-electron chi connectivity index (χ1n) is 6.52. The zero-order valence-electron chi connectivity index (χ0n) is 10.2. The molecule has 1 aromatic heterocycles. The second-order valence-corrected chi connectivity index (χ2v) is 5.05. The second-order valence-electron chi connectivity index (χ2n) is 5.05. The molecule has 0 radical (unpaired) electrons. The van der Waals surface area contributed by atoms with E-state index in [0.717, 1.165) is 26.1 Å². The third-order valence-electron chi connectivity index (χ3n) is 3.91. The largest absolute Gasteiger partial charge is 0.476 e. The molecule has 98 valence electrons. The Bertz CT molecular complexity index is 451. The molecule has 2 atom stereocenters. The number of nitrogens with zero attached hydrogens (tertiary/aromatic N) is 2. The van der Waals surface area contributed by atoms with E-state index >= 15 is 0 Å². The molecule has 0 amide bonds. The number of carboxylic acid groups (broad SMARTS) is 1. The Hall–Kier alpha value is -1.56. The first kappa shape index (κ1) is 11.5. The van der Waals surface area contributed by atoms with Gasteiger partial charge in [0.15, 0.2) is 5.69 Å². The highest BCUT2D eigenvalue weighted by atomic mass is 16.4. The van der Waals surface area contributed by atoms with E-state index in [1.165, 1.54) is 12.8 Å². The number of carboxylic acids is 1. The zero-order valence-corrected chi connectivity index (χ0v) is 10.2. The van der Waals surface area contributed by atoms with E-state index in [4.69, 9.17) is 5.11 Å². The van der Waals surface area contributed by atoms with Crippen LogP contribution in [0.2, 0.25) is 0 Å². The van der Waals surface area contributed by atoms with Gasteiger partial charge in [-0.05, 0) is 38.3 Å². The molecule has 0 saturated carbocycles. The molecule has 3 heterocycles. The van der Waals surface area contributed by atoms with Crippen LogP contribution in [0.4, 0.5) is 5.95 Å². The minimum absolute atomic E-state index is 0.133. The fourth-order valence-corrected chi connectivity index (χ4v) is 3.02. The summed E-state index contributed by atoms with van der Waals surface area (Å²) in [4.78, 5) is 15.1. The van der Waals surface area contributed by atoms with Crippen molar-refractivity contribution < 1.29 is 9.90 Å². The van der Waals surface area contributed by atoms with E-state index in [2.05, 4.69) is 15.6 Å². The first-order valence-corrected chi connectivity index (χ1v) is 6.52. The van der Waals surface area contributed by atoms with Crippen molar-refractivity contribution in [1.82, 2.24) is 14.9 Å². The second kappa shape index (κ2) is 4.61. The molecule has 6 nitrogen and oxygen atoms in total. The Morgan fingerprint density at radius 3 is 3.06 bits per heavy atom. The number of rotatable bonds is 2. The van der Waals surface area contributed by atoms with Crippen molar-refractivity contribution in [2.24, 2.45) is 5.92 Å². The first-order chi connectivity index (χ1) is 8.75. The number of fused-ring (bicyclic) bond motifs is 1. The van der Waals surface area contributed by atoms with Crippen LogP contribution in [0, 0.1) is 5.92 Å². The van der Waals surface area contributed by atoms with Crippen molar-refractivity contribution in [1.29, 1.82) is 0 Å². The van der Waals surface area contributed by atoms with Gasteiger partial charge in [0.1, 0.15) is 0 Å². The lowest BCUT2D eigenvalue weighted by Gasteiger charge is -2.35. The molecular weight excluding hydrogens is 232 g/mol. The van der Waals surface area contributed by atoms with Crippen LogP contribution in [0.3, 0.4) is 0 Å². The number of nitrogens with one attached hydrogen (secondary N) is 2. The summed E-state index contributed by atoms with van der Waals surface area (Å²) in [5, 5.41) is 15.6. The quantitative estimate of drug-likeness (QED) is 0.728. The van der Waals surface area contributed by atoms with E-state index in [1.54, 1.807) is 6.20 Å². The number of anilines is 1. The zero-order chi connectivity index (χ0) is 12.5.